The highest BCUT2D eigenvalue weighted by atomic mass is 32.2. The SMILES string of the molecule is CSc1nc(C)cc(C(=O)NCCc2ccc(F)cc2)n1. The van der Waals surface area contributed by atoms with Gasteiger partial charge in [0.2, 0.25) is 0 Å². The molecule has 1 amide bonds. The van der Waals surface area contributed by atoms with Crippen LogP contribution in [0.25, 0.3) is 0 Å². The summed E-state index contributed by atoms with van der Waals surface area (Å²) >= 11 is 1.40. The first-order valence-electron chi connectivity index (χ1n) is 6.51. The maximum absolute atomic E-state index is 12.8. The molecule has 0 fully saturated rings. The molecule has 2 aromatic rings. The summed E-state index contributed by atoms with van der Waals surface area (Å²) in [5.41, 5.74) is 2.10. The van der Waals surface area contributed by atoms with Crippen LogP contribution in [0.2, 0.25) is 0 Å². The molecule has 110 valence electrons. The smallest absolute Gasteiger partial charge is 0.270 e. The van der Waals surface area contributed by atoms with Crippen molar-refractivity contribution in [3.63, 3.8) is 0 Å². The van der Waals surface area contributed by atoms with Gasteiger partial charge in [0.05, 0.1) is 0 Å². The van der Waals surface area contributed by atoms with Gasteiger partial charge in [0, 0.05) is 12.2 Å². The minimum atomic E-state index is -0.260. The van der Waals surface area contributed by atoms with Crippen molar-refractivity contribution in [2.75, 3.05) is 12.8 Å². The third kappa shape index (κ3) is 4.53. The summed E-state index contributed by atoms with van der Waals surface area (Å²) in [6, 6.07) is 7.91. The molecule has 0 aliphatic heterocycles. The largest absolute Gasteiger partial charge is 0.350 e. The van der Waals surface area contributed by atoms with Gasteiger partial charge in [-0.2, -0.15) is 0 Å². The van der Waals surface area contributed by atoms with Gasteiger partial charge in [-0.1, -0.05) is 23.9 Å². The minimum absolute atomic E-state index is 0.224. The van der Waals surface area contributed by atoms with Crippen LogP contribution < -0.4 is 5.32 Å². The summed E-state index contributed by atoms with van der Waals surface area (Å²) in [6.45, 7) is 2.30. The maximum atomic E-state index is 12.8. The Bertz CT molecular complexity index is 631. The van der Waals surface area contributed by atoms with Crippen molar-refractivity contribution in [3.8, 4) is 0 Å². The first kappa shape index (κ1) is 15.4. The fourth-order valence-corrected chi connectivity index (χ4v) is 2.24. The molecule has 1 heterocycles. The number of aromatic nitrogens is 2. The topological polar surface area (TPSA) is 54.9 Å². The van der Waals surface area contributed by atoms with Gasteiger partial charge in [-0.05, 0) is 43.4 Å². The van der Waals surface area contributed by atoms with Crippen molar-refractivity contribution in [1.82, 2.24) is 15.3 Å². The van der Waals surface area contributed by atoms with Crippen LogP contribution in [0.5, 0.6) is 0 Å². The van der Waals surface area contributed by atoms with Gasteiger partial charge in [-0.3, -0.25) is 4.79 Å². The zero-order valence-corrected chi connectivity index (χ0v) is 12.7. The van der Waals surface area contributed by atoms with Crippen LogP contribution in [0.4, 0.5) is 4.39 Å². The van der Waals surface area contributed by atoms with Crippen LogP contribution in [0.3, 0.4) is 0 Å². The van der Waals surface area contributed by atoms with E-state index in [1.165, 1.54) is 23.9 Å². The molecule has 21 heavy (non-hydrogen) atoms. The Kier molecular flexibility index (Phi) is 5.27. The molecule has 1 aromatic carbocycles. The normalized spacial score (nSPS) is 10.4. The number of hydrogen-bond acceptors (Lipinski definition) is 4. The summed E-state index contributed by atoms with van der Waals surface area (Å²) in [7, 11) is 0. The summed E-state index contributed by atoms with van der Waals surface area (Å²) < 4.78 is 12.8. The zero-order valence-electron chi connectivity index (χ0n) is 11.9. The Morgan fingerprint density at radius 3 is 2.67 bits per heavy atom. The van der Waals surface area contributed by atoms with Crippen molar-refractivity contribution in [1.29, 1.82) is 0 Å². The number of amides is 1. The predicted octanol–water partition coefficient (Wildman–Crippen LogP) is 2.62. The highest BCUT2D eigenvalue weighted by molar-refractivity contribution is 7.98. The number of rotatable bonds is 5. The average Bonchev–Trinajstić information content (AvgIpc) is 2.48. The van der Waals surface area contributed by atoms with Gasteiger partial charge in [0.15, 0.2) is 5.16 Å². The van der Waals surface area contributed by atoms with E-state index >= 15 is 0 Å². The van der Waals surface area contributed by atoms with E-state index in [0.717, 1.165) is 11.3 Å². The third-order valence-electron chi connectivity index (χ3n) is 2.86. The van der Waals surface area contributed by atoms with Gasteiger partial charge in [0.25, 0.3) is 5.91 Å². The van der Waals surface area contributed by atoms with Crippen LogP contribution in [0, 0.1) is 12.7 Å². The number of nitrogens with zero attached hydrogens (tertiary/aromatic N) is 2. The predicted molar refractivity (Wildman–Crippen MR) is 81.0 cm³/mol. The van der Waals surface area contributed by atoms with E-state index in [-0.39, 0.29) is 11.7 Å². The Morgan fingerprint density at radius 2 is 2.00 bits per heavy atom. The molecule has 0 radical (unpaired) electrons. The highest BCUT2D eigenvalue weighted by Crippen LogP contribution is 2.10. The molecular formula is C15H16FN3OS. The Labute approximate surface area is 127 Å². The second kappa shape index (κ2) is 7.17. The molecule has 1 aromatic heterocycles. The Morgan fingerprint density at radius 1 is 1.29 bits per heavy atom. The van der Waals surface area contributed by atoms with Crippen LogP contribution >= 0.6 is 11.8 Å². The Balaban J connectivity index is 1.92. The molecule has 2 rings (SSSR count). The molecule has 0 aliphatic carbocycles. The second-order valence-corrected chi connectivity index (χ2v) is 5.29. The van der Waals surface area contributed by atoms with Gasteiger partial charge in [0.1, 0.15) is 11.5 Å². The van der Waals surface area contributed by atoms with Crippen molar-refractivity contribution in [3.05, 3.63) is 53.1 Å². The van der Waals surface area contributed by atoms with Crippen molar-refractivity contribution in [2.24, 2.45) is 0 Å². The van der Waals surface area contributed by atoms with Crippen LogP contribution in [0.15, 0.2) is 35.5 Å². The van der Waals surface area contributed by atoms with E-state index in [4.69, 9.17) is 0 Å². The first-order valence-corrected chi connectivity index (χ1v) is 7.73. The molecule has 0 spiro atoms. The zero-order chi connectivity index (χ0) is 15.2. The van der Waals surface area contributed by atoms with E-state index in [1.807, 2.05) is 13.2 Å². The standard InChI is InChI=1S/C15H16FN3OS/c1-10-9-13(19-15(18-10)21-2)14(20)17-8-7-11-3-5-12(16)6-4-11/h3-6,9H,7-8H2,1-2H3,(H,17,20). The molecule has 0 unspecified atom stereocenters. The monoisotopic (exact) mass is 305 g/mol. The molecule has 0 aliphatic rings. The minimum Gasteiger partial charge on any atom is -0.350 e. The van der Waals surface area contributed by atoms with Crippen LogP contribution in [0.1, 0.15) is 21.7 Å². The fraction of sp³-hybridized carbons (Fsp3) is 0.267. The lowest BCUT2D eigenvalue weighted by atomic mass is 10.1. The molecular weight excluding hydrogens is 289 g/mol. The number of nitrogens with one attached hydrogen (secondary N) is 1. The fourth-order valence-electron chi connectivity index (χ4n) is 1.81. The summed E-state index contributed by atoms with van der Waals surface area (Å²) in [4.78, 5) is 20.4. The summed E-state index contributed by atoms with van der Waals surface area (Å²) in [5, 5.41) is 3.39. The second-order valence-electron chi connectivity index (χ2n) is 4.51. The number of aryl methyl sites for hydroxylation is 1. The molecule has 6 heteroatoms. The van der Waals surface area contributed by atoms with Crippen LogP contribution in [-0.2, 0) is 6.42 Å². The molecule has 1 N–H and O–H groups in total. The van der Waals surface area contributed by atoms with E-state index in [2.05, 4.69) is 15.3 Å². The van der Waals surface area contributed by atoms with E-state index in [0.29, 0.717) is 23.8 Å². The van der Waals surface area contributed by atoms with Crippen LogP contribution in [-0.4, -0.2) is 28.7 Å². The molecule has 4 nitrogen and oxygen atoms in total. The van der Waals surface area contributed by atoms with Gasteiger partial charge in [-0.15, -0.1) is 0 Å². The van der Waals surface area contributed by atoms with Crippen molar-refractivity contribution >= 4 is 17.7 Å². The van der Waals surface area contributed by atoms with Gasteiger partial charge in [-0.25, -0.2) is 14.4 Å². The number of carbonyl (C=O) groups excluding carboxylic acids is 1. The van der Waals surface area contributed by atoms with E-state index in [9.17, 15) is 9.18 Å². The highest BCUT2D eigenvalue weighted by Gasteiger charge is 2.09. The number of benzene rings is 1. The quantitative estimate of drug-likeness (QED) is 0.681. The van der Waals surface area contributed by atoms with E-state index < -0.39 is 0 Å². The molecule has 0 bridgehead atoms. The molecule has 0 saturated carbocycles. The first-order chi connectivity index (χ1) is 10.1. The Hall–Kier alpha value is -1.95. The maximum Gasteiger partial charge on any atom is 0.270 e. The third-order valence-corrected chi connectivity index (χ3v) is 3.41. The van der Waals surface area contributed by atoms with Gasteiger partial charge < -0.3 is 5.32 Å². The summed E-state index contributed by atoms with van der Waals surface area (Å²) in [6.07, 6.45) is 2.51. The number of hydrogen-bond donors (Lipinski definition) is 1. The average molecular weight is 305 g/mol. The van der Waals surface area contributed by atoms with Crippen molar-refractivity contribution < 1.29 is 9.18 Å². The lowest BCUT2D eigenvalue weighted by Gasteiger charge is -2.06. The number of carbonyl (C=O) groups is 1. The number of thioether (sulfide) groups is 1. The van der Waals surface area contributed by atoms with Crippen molar-refractivity contribution in [2.45, 2.75) is 18.5 Å². The lowest BCUT2D eigenvalue weighted by molar-refractivity contribution is 0.0948. The van der Waals surface area contributed by atoms with E-state index in [1.54, 1.807) is 18.2 Å². The number of halogens is 1. The molecule has 0 saturated heterocycles. The lowest BCUT2D eigenvalue weighted by Crippen LogP contribution is -2.27. The van der Waals surface area contributed by atoms with Gasteiger partial charge >= 0.3 is 0 Å². The molecule has 0 atom stereocenters. The summed E-state index contributed by atoms with van der Waals surface area (Å²) in [5.74, 6) is -0.484.